The number of nitrogens with one attached hydrogen (secondary N) is 1. The fourth-order valence-corrected chi connectivity index (χ4v) is 2.64. The van der Waals surface area contributed by atoms with Crippen molar-refractivity contribution in [1.82, 2.24) is 4.98 Å². The van der Waals surface area contributed by atoms with Gasteiger partial charge >= 0.3 is 5.76 Å². The third-order valence-corrected chi connectivity index (χ3v) is 4.24. The van der Waals surface area contributed by atoms with Crippen molar-refractivity contribution in [3.63, 3.8) is 0 Å². The van der Waals surface area contributed by atoms with E-state index in [-0.39, 0.29) is 5.38 Å². The number of aromatic amines is 1. The largest absolute Gasteiger partial charge is 0.417 e. The van der Waals surface area contributed by atoms with Gasteiger partial charge in [-0.3, -0.25) is 4.98 Å². The van der Waals surface area contributed by atoms with Crippen molar-refractivity contribution in [3.05, 3.63) is 34.3 Å². The van der Waals surface area contributed by atoms with Crippen LogP contribution >= 0.6 is 11.6 Å². The van der Waals surface area contributed by atoms with Crippen molar-refractivity contribution in [1.29, 1.82) is 0 Å². The SMILES string of the molecule is CC(C1CC1)C(Cl)c1ccc2[nH]c(=O)oc2c1. The number of aromatic nitrogens is 1. The van der Waals surface area contributed by atoms with Crippen LogP contribution in [0.2, 0.25) is 0 Å². The Balaban J connectivity index is 1.96. The first-order chi connectivity index (χ1) is 8.15. The summed E-state index contributed by atoms with van der Waals surface area (Å²) in [5, 5.41) is -0.00731. The van der Waals surface area contributed by atoms with Crippen LogP contribution in [0.15, 0.2) is 27.4 Å². The molecule has 0 aliphatic heterocycles. The first kappa shape index (κ1) is 10.9. The van der Waals surface area contributed by atoms with Gasteiger partial charge in [0.05, 0.1) is 10.9 Å². The highest BCUT2D eigenvalue weighted by atomic mass is 35.5. The molecule has 1 aliphatic carbocycles. The summed E-state index contributed by atoms with van der Waals surface area (Å²) in [4.78, 5) is 13.7. The third kappa shape index (κ3) is 2.00. The van der Waals surface area contributed by atoms with Crippen LogP contribution in [0.1, 0.15) is 30.7 Å². The zero-order chi connectivity index (χ0) is 12.0. The Kier molecular flexibility index (Phi) is 2.51. The number of benzene rings is 1. The molecule has 0 spiro atoms. The quantitative estimate of drug-likeness (QED) is 0.850. The number of alkyl halides is 1. The van der Waals surface area contributed by atoms with Crippen LogP contribution in [0.4, 0.5) is 0 Å². The highest BCUT2D eigenvalue weighted by molar-refractivity contribution is 6.21. The molecule has 90 valence electrons. The summed E-state index contributed by atoms with van der Waals surface area (Å²) < 4.78 is 5.04. The Bertz CT molecular complexity index is 597. The zero-order valence-corrected chi connectivity index (χ0v) is 10.3. The van der Waals surface area contributed by atoms with Gasteiger partial charge in [-0.15, -0.1) is 11.6 Å². The standard InChI is InChI=1S/C13H14ClNO2/c1-7(8-2-3-8)12(14)9-4-5-10-11(6-9)17-13(16)15-10/h4-8,12H,2-3H2,1H3,(H,15,16). The molecule has 17 heavy (non-hydrogen) atoms. The second-order valence-electron chi connectivity index (χ2n) is 4.87. The second-order valence-corrected chi connectivity index (χ2v) is 5.34. The Labute approximate surface area is 104 Å². The minimum Gasteiger partial charge on any atom is -0.408 e. The Morgan fingerprint density at radius 2 is 2.24 bits per heavy atom. The first-order valence-corrected chi connectivity index (χ1v) is 6.35. The van der Waals surface area contributed by atoms with E-state index in [1.807, 2.05) is 18.2 Å². The van der Waals surface area contributed by atoms with Gasteiger partial charge in [0.15, 0.2) is 5.58 Å². The van der Waals surface area contributed by atoms with Crippen LogP contribution in [0.5, 0.6) is 0 Å². The van der Waals surface area contributed by atoms with Gasteiger partial charge in [0.25, 0.3) is 0 Å². The molecular formula is C13H14ClNO2. The van der Waals surface area contributed by atoms with Crippen molar-refractivity contribution in [3.8, 4) is 0 Å². The van der Waals surface area contributed by atoms with Crippen LogP contribution in [0.3, 0.4) is 0 Å². The molecule has 1 fully saturated rings. The number of halogens is 1. The maximum absolute atomic E-state index is 11.1. The summed E-state index contributed by atoms with van der Waals surface area (Å²) >= 11 is 6.47. The number of hydrogen-bond donors (Lipinski definition) is 1. The highest BCUT2D eigenvalue weighted by Crippen LogP contribution is 2.45. The van der Waals surface area contributed by atoms with Gasteiger partial charge < -0.3 is 4.42 Å². The van der Waals surface area contributed by atoms with Crippen molar-refractivity contribution in [2.45, 2.75) is 25.1 Å². The summed E-state index contributed by atoms with van der Waals surface area (Å²) in [5.41, 5.74) is 2.34. The average Bonchev–Trinajstić information content (AvgIpc) is 3.08. The maximum atomic E-state index is 11.1. The summed E-state index contributed by atoms with van der Waals surface area (Å²) in [6.07, 6.45) is 2.57. The second kappa shape index (κ2) is 3.91. The topological polar surface area (TPSA) is 46.0 Å². The summed E-state index contributed by atoms with van der Waals surface area (Å²) in [6, 6.07) is 5.68. The first-order valence-electron chi connectivity index (χ1n) is 5.92. The van der Waals surface area contributed by atoms with E-state index in [2.05, 4.69) is 11.9 Å². The molecule has 1 aromatic heterocycles. The minimum atomic E-state index is -0.418. The molecule has 0 bridgehead atoms. The zero-order valence-electron chi connectivity index (χ0n) is 9.57. The molecule has 1 heterocycles. The summed E-state index contributed by atoms with van der Waals surface area (Å²) in [6.45, 7) is 2.19. The van der Waals surface area contributed by atoms with Gasteiger partial charge in [0.1, 0.15) is 0 Å². The van der Waals surface area contributed by atoms with E-state index < -0.39 is 5.76 Å². The Morgan fingerprint density at radius 1 is 1.47 bits per heavy atom. The number of rotatable bonds is 3. The number of hydrogen-bond acceptors (Lipinski definition) is 2. The summed E-state index contributed by atoms with van der Waals surface area (Å²) in [5.74, 6) is 0.810. The van der Waals surface area contributed by atoms with Gasteiger partial charge in [-0.05, 0) is 42.4 Å². The van der Waals surface area contributed by atoms with Gasteiger partial charge in [-0.2, -0.15) is 0 Å². The molecule has 1 aromatic carbocycles. The third-order valence-electron chi connectivity index (χ3n) is 3.59. The summed E-state index contributed by atoms with van der Waals surface area (Å²) in [7, 11) is 0. The van der Waals surface area contributed by atoms with E-state index in [1.54, 1.807) is 0 Å². The molecule has 2 aromatic rings. The van der Waals surface area contributed by atoms with Gasteiger partial charge in [0, 0.05) is 0 Å². The van der Waals surface area contributed by atoms with E-state index in [1.165, 1.54) is 12.8 Å². The predicted octanol–water partition coefficient (Wildman–Crippen LogP) is 3.45. The lowest BCUT2D eigenvalue weighted by Crippen LogP contribution is -2.05. The van der Waals surface area contributed by atoms with Gasteiger partial charge in [-0.1, -0.05) is 13.0 Å². The van der Waals surface area contributed by atoms with Crippen LogP contribution in [0.25, 0.3) is 11.1 Å². The maximum Gasteiger partial charge on any atom is 0.417 e. The highest BCUT2D eigenvalue weighted by Gasteiger charge is 2.33. The Hall–Kier alpha value is -1.22. The van der Waals surface area contributed by atoms with Gasteiger partial charge in [0.2, 0.25) is 0 Å². The molecule has 1 aliphatic rings. The van der Waals surface area contributed by atoms with Crippen molar-refractivity contribution < 1.29 is 4.42 Å². The van der Waals surface area contributed by atoms with Crippen molar-refractivity contribution in [2.24, 2.45) is 11.8 Å². The number of H-pyrrole nitrogens is 1. The lowest BCUT2D eigenvalue weighted by atomic mass is 9.96. The van der Waals surface area contributed by atoms with E-state index in [0.717, 1.165) is 17.0 Å². The Morgan fingerprint density at radius 3 is 2.94 bits per heavy atom. The molecule has 3 nitrogen and oxygen atoms in total. The van der Waals surface area contributed by atoms with Crippen LogP contribution < -0.4 is 5.76 Å². The monoisotopic (exact) mass is 251 g/mol. The molecule has 0 saturated heterocycles. The smallest absolute Gasteiger partial charge is 0.408 e. The molecule has 3 rings (SSSR count). The van der Waals surface area contributed by atoms with E-state index in [4.69, 9.17) is 16.0 Å². The van der Waals surface area contributed by atoms with E-state index >= 15 is 0 Å². The molecule has 1 saturated carbocycles. The van der Waals surface area contributed by atoms with Crippen molar-refractivity contribution >= 4 is 22.7 Å². The molecule has 1 N–H and O–H groups in total. The molecular weight excluding hydrogens is 238 g/mol. The number of fused-ring (bicyclic) bond motifs is 1. The van der Waals surface area contributed by atoms with Crippen LogP contribution in [0, 0.1) is 11.8 Å². The van der Waals surface area contributed by atoms with Gasteiger partial charge in [-0.25, -0.2) is 4.79 Å². The molecule has 4 heteroatoms. The molecule has 0 radical (unpaired) electrons. The van der Waals surface area contributed by atoms with Crippen LogP contribution in [-0.4, -0.2) is 4.98 Å². The molecule has 2 unspecified atom stereocenters. The lowest BCUT2D eigenvalue weighted by molar-refractivity contribution is 0.491. The minimum absolute atomic E-state index is 0.00731. The fourth-order valence-electron chi connectivity index (χ4n) is 2.30. The van der Waals surface area contributed by atoms with Crippen molar-refractivity contribution in [2.75, 3.05) is 0 Å². The average molecular weight is 252 g/mol. The fraction of sp³-hybridized carbons (Fsp3) is 0.462. The molecule has 2 atom stereocenters. The van der Waals surface area contributed by atoms with Crippen LogP contribution in [-0.2, 0) is 0 Å². The normalized spacial score (nSPS) is 19.4. The predicted molar refractivity (Wildman–Crippen MR) is 67.3 cm³/mol. The van der Waals surface area contributed by atoms with E-state index in [9.17, 15) is 4.79 Å². The van der Waals surface area contributed by atoms with E-state index in [0.29, 0.717) is 11.5 Å². The molecule has 0 amide bonds. The lowest BCUT2D eigenvalue weighted by Gasteiger charge is -2.17. The number of oxazole rings is 1.